The van der Waals surface area contributed by atoms with Crippen LogP contribution in [-0.2, 0) is 11.3 Å². The van der Waals surface area contributed by atoms with Gasteiger partial charge in [0.25, 0.3) is 0 Å². The third-order valence-corrected chi connectivity index (χ3v) is 3.23. The number of rotatable bonds is 5. The van der Waals surface area contributed by atoms with Gasteiger partial charge in [0, 0.05) is 5.56 Å². The first-order valence-electron chi connectivity index (χ1n) is 5.77. The van der Waals surface area contributed by atoms with Gasteiger partial charge in [-0.25, -0.2) is 4.39 Å². The molecule has 0 heterocycles. The fraction of sp³-hybridized carbons (Fsp3) is 0.133. The summed E-state index contributed by atoms with van der Waals surface area (Å²) in [6.07, 6.45) is 0. The van der Waals surface area contributed by atoms with Crippen molar-refractivity contribution in [2.45, 2.75) is 6.61 Å². The van der Waals surface area contributed by atoms with Crippen molar-refractivity contribution in [3.8, 4) is 0 Å². The second kappa shape index (κ2) is 6.59. The molecule has 0 fully saturated rings. The molecule has 19 heavy (non-hydrogen) atoms. The Morgan fingerprint density at radius 3 is 2.58 bits per heavy atom. The highest BCUT2D eigenvalue weighted by molar-refractivity contribution is 9.10. The average Bonchev–Trinajstić information content (AvgIpc) is 2.43. The molecule has 0 saturated heterocycles. The summed E-state index contributed by atoms with van der Waals surface area (Å²) < 4.78 is 19.0. The van der Waals surface area contributed by atoms with Gasteiger partial charge in [0.1, 0.15) is 12.4 Å². The topological polar surface area (TPSA) is 26.3 Å². The van der Waals surface area contributed by atoms with Gasteiger partial charge in [0.15, 0.2) is 5.78 Å². The van der Waals surface area contributed by atoms with Crippen molar-refractivity contribution in [2.24, 2.45) is 0 Å². The van der Waals surface area contributed by atoms with Crippen molar-refractivity contribution in [3.05, 3.63) is 69.9 Å². The number of carbonyl (C=O) groups is 1. The highest BCUT2D eigenvalue weighted by atomic mass is 79.9. The molecule has 2 nitrogen and oxygen atoms in total. The van der Waals surface area contributed by atoms with E-state index in [-0.39, 0.29) is 12.4 Å². The van der Waals surface area contributed by atoms with E-state index in [1.807, 2.05) is 30.3 Å². The first-order valence-corrected chi connectivity index (χ1v) is 6.56. The number of hydrogen-bond donors (Lipinski definition) is 0. The smallest absolute Gasteiger partial charge is 0.188 e. The maximum absolute atomic E-state index is 13.3. The van der Waals surface area contributed by atoms with Crippen LogP contribution in [0.25, 0.3) is 0 Å². The van der Waals surface area contributed by atoms with Crippen LogP contribution >= 0.6 is 15.9 Å². The van der Waals surface area contributed by atoms with Crippen molar-refractivity contribution in [1.29, 1.82) is 0 Å². The molecule has 4 heteroatoms. The van der Waals surface area contributed by atoms with Crippen LogP contribution in [-0.4, -0.2) is 12.4 Å². The van der Waals surface area contributed by atoms with E-state index in [1.165, 1.54) is 12.1 Å². The normalized spacial score (nSPS) is 10.4. The van der Waals surface area contributed by atoms with Gasteiger partial charge in [0.05, 0.1) is 11.1 Å². The highest BCUT2D eigenvalue weighted by Crippen LogP contribution is 2.16. The number of benzene rings is 2. The number of halogens is 2. The number of carbonyl (C=O) groups excluding carboxylic acids is 1. The zero-order valence-electron chi connectivity index (χ0n) is 10.1. The zero-order valence-corrected chi connectivity index (χ0v) is 11.7. The second-order valence-electron chi connectivity index (χ2n) is 4.03. The number of ether oxygens (including phenoxy) is 1. The van der Waals surface area contributed by atoms with Crippen LogP contribution in [0, 0.1) is 5.82 Å². The minimum Gasteiger partial charge on any atom is -0.369 e. The Labute approximate surface area is 119 Å². The Hall–Kier alpha value is -1.52. The maximum atomic E-state index is 13.3. The summed E-state index contributed by atoms with van der Waals surface area (Å²) in [6.45, 7) is 0.307. The van der Waals surface area contributed by atoms with Gasteiger partial charge in [-0.3, -0.25) is 4.79 Å². The number of ketones is 1. The summed E-state index contributed by atoms with van der Waals surface area (Å²) in [5, 5.41) is 0. The van der Waals surface area contributed by atoms with E-state index >= 15 is 0 Å². The first kappa shape index (κ1) is 13.9. The van der Waals surface area contributed by atoms with Crippen molar-refractivity contribution < 1.29 is 13.9 Å². The van der Waals surface area contributed by atoms with Crippen LogP contribution in [0.4, 0.5) is 4.39 Å². The lowest BCUT2D eigenvalue weighted by Crippen LogP contribution is -2.09. The Morgan fingerprint density at radius 2 is 1.89 bits per heavy atom. The lowest BCUT2D eigenvalue weighted by Gasteiger charge is -2.04. The van der Waals surface area contributed by atoms with Crippen molar-refractivity contribution in [1.82, 2.24) is 0 Å². The van der Waals surface area contributed by atoms with Crippen LogP contribution in [0.2, 0.25) is 0 Å². The van der Waals surface area contributed by atoms with E-state index in [1.54, 1.807) is 6.07 Å². The fourth-order valence-corrected chi connectivity index (χ4v) is 1.84. The van der Waals surface area contributed by atoms with Crippen molar-refractivity contribution >= 4 is 21.7 Å². The molecule has 0 unspecified atom stereocenters. The molecule has 0 atom stereocenters. The zero-order chi connectivity index (χ0) is 13.7. The SMILES string of the molecule is O=C(COCc1ccccc1)c1ccc(Br)c(F)c1. The fourth-order valence-electron chi connectivity index (χ4n) is 1.59. The molecule has 98 valence electrons. The van der Waals surface area contributed by atoms with E-state index in [9.17, 15) is 9.18 Å². The molecule has 0 bridgehead atoms. The van der Waals surface area contributed by atoms with Gasteiger partial charge in [-0.1, -0.05) is 30.3 Å². The molecule has 2 aromatic rings. The Bertz CT molecular complexity index is 570. The number of Topliss-reactive ketones (excluding diaryl/α,β-unsaturated/α-hetero) is 1. The molecule has 2 rings (SSSR count). The van der Waals surface area contributed by atoms with Crippen molar-refractivity contribution in [3.63, 3.8) is 0 Å². The minimum atomic E-state index is -0.450. The summed E-state index contributed by atoms with van der Waals surface area (Å²) in [6, 6.07) is 13.9. The molecule has 0 saturated carbocycles. The van der Waals surface area contributed by atoms with Gasteiger partial charge in [-0.15, -0.1) is 0 Å². The van der Waals surface area contributed by atoms with E-state index < -0.39 is 5.82 Å². The van der Waals surface area contributed by atoms with E-state index in [0.29, 0.717) is 16.6 Å². The summed E-state index contributed by atoms with van der Waals surface area (Å²) >= 11 is 3.04. The predicted molar refractivity (Wildman–Crippen MR) is 74.5 cm³/mol. The molecule has 0 radical (unpaired) electrons. The molecule has 0 aliphatic rings. The third kappa shape index (κ3) is 3.98. The minimum absolute atomic E-state index is 0.0596. The van der Waals surface area contributed by atoms with Gasteiger partial charge < -0.3 is 4.74 Å². The molecular weight excluding hydrogens is 311 g/mol. The van der Waals surface area contributed by atoms with Gasteiger partial charge in [-0.05, 0) is 39.7 Å². The molecule has 0 spiro atoms. The Kier molecular flexibility index (Phi) is 4.82. The molecule has 0 aromatic heterocycles. The van der Waals surface area contributed by atoms with Gasteiger partial charge in [-0.2, -0.15) is 0 Å². The van der Waals surface area contributed by atoms with E-state index in [2.05, 4.69) is 15.9 Å². The van der Waals surface area contributed by atoms with E-state index in [0.717, 1.165) is 5.56 Å². The molecular formula is C15H12BrFO2. The van der Waals surface area contributed by atoms with Crippen LogP contribution in [0.5, 0.6) is 0 Å². The van der Waals surface area contributed by atoms with Gasteiger partial charge in [0.2, 0.25) is 0 Å². The summed E-state index contributed by atoms with van der Waals surface area (Å²) in [4.78, 5) is 11.8. The van der Waals surface area contributed by atoms with Gasteiger partial charge >= 0.3 is 0 Å². The van der Waals surface area contributed by atoms with Crippen LogP contribution in [0.3, 0.4) is 0 Å². The second-order valence-corrected chi connectivity index (χ2v) is 4.88. The quantitative estimate of drug-likeness (QED) is 0.778. The summed E-state index contributed by atoms with van der Waals surface area (Å²) in [7, 11) is 0. The van der Waals surface area contributed by atoms with E-state index in [4.69, 9.17) is 4.74 Å². The molecule has 0 aliphatic carbocycles. The first-order chi connectivity index (χ1) is 9.16. The largest absolute Gasteiger partial charge is 0.369 e. The number of hydrogen-bond acceptors (Lipinski definition) is 2. The standard InChI is InChI=1S/C15H12BrFO2/c16-13-7-6-12(8-14(13)17)15(18)10-19-9-11-4-2-1-3-5-11/h1-8H,9-10H2. The van der Waals surface area contributed by atoms with Crippen LogP contribution in [0.1, 0.15) is 15.9 Å². The Morgan fingerprint density at radius 1 is 1.16 bits per heavy atom. The predicted octanol–water partition coefficient (Wildman–Crippen LogP) is 3.99. The molecule has 0 aliphatic heterocycles. The third-order valence-electron chi connectivity index (χ3n) is 2.59. The molecule has 2 aromatic carbocycles. The summed E-state index contributed by atoms with van der Waals surface area (Å²) in [5.41, 5.74) is 1.31. The van der Waals surface area contributed by atoms with Crippen LogP contribution < -0.4 is 0 Å². The van der Waals surface area contributed by atoms with Crippen molar-refractivity contribution in [2.75, 3.05) is 6.61 Å². The lowest BCUT2D eigenvalue weighted by atomic mass is 10.1. The maximum Gasteiger partial charge on any atom is 0.188 e. The molecule has 0 N–H and O–H groups in total. The average molecular weight is 323 g/mol. The lowest BCUT2D eigenvalue weighted by molar-refractivity contribution is 0.0726. The Balaban J connectivity index is 1.89. The molecule has 0 amide bonds. The highest BCUT2D eigenvalue weighted by Gasteiger charge is 2.09. The monoisotopic (exact) mass is 322 g/mol. The van der Waals surface area contributed by atoms with Crippen LogP contribution in [0.15, 0.2) is 53.0 Å². The summed E-state index contributed by atoms with van der Waals surface area (Å²) in [5.74, 6) is -0.684.